The van der Waals surface area contributed by atoms with Gasteiger partial charge in [-0.05, 0) is 35.9 Å². The van der Waals surface area contributed by atoms with Gasteiger partial charge >= 0.3 is 6.01 Å². The molecule has 182 valence electrons. The zero-order valence-corrected chi connectivity index (χ0v) is 19.8. The maximum atomic E-state index is 12.8. The van der Waals surface area contributed by atoms with E-state index in [1.54, 1.807) is 66.7 Å². The molecule has 5 rings (SSSR count). The third kappa shape index (κ3) is 4.91. The molecule has 0 saturated heterocycles. The Morgan fingerprint density at radius 3 is 2.32 bits per heavy atom. The van der Waals surface area contributed by atoms with E-state index in [9.17, 15) is 20.0 Å². The highest BCUT2D eigenvalue weighted by molar-refractivity contribution is 6.30. The van der Waals surface area contributed by atoms with Crippen LogP contribution in [0.1, 0.15) is 10.4 Å². The van der Waals surface area contributed by atoms with Crippen LogP contribution in [0.5, 0.6) is 5.75 Å². The Kier molecular flexibility index (Phi) is 6.40. The van der Waals surface area contributed by atoms with Crippen molar-refractivity contribution >= 4 is 29.2 Å². The standard InChI is InChI=1S/C28H18ClN3O5/c29-19-10-6-9-18(15-19)25-26(37-28(30-25)31-27(34)17-7-2-1-3-8-17)23-12-5-4-11-21(23)22-14-13-20(32(35)36)16-24(22)33/h1-16,33H,(H,30,31,34). The predicted octanol–water partition coefficient (Wildman–Crippen LogP) is 7.20. The summed E-state index contributed by atoms with van der Waals surface area (Å²) in [6.45, 7) is 0. The van der Waals surface area contributed by atoms with E-state index in [2.05, 4.69) is 10.3 Å². The van der Waals surface area contributed by atoms with Crippen molar-refractivity contribution in [1.82, 2.24) is 4.98 Å². The number of halogens is 1. The van der Waals surface area contributed by atoms with Crippen LogP contribution in [0, 0.1) is 10.1 Å². The van der Waals surface area contributed by atoms with Gasteiger partial charge in [0, 0.05) is 33.3 Å². The zero-order valence-electron chi connectivity index (χ0n) is 19.1. The fourth-order valence-electron chi connectivity index (χ4n) is 3.92. The summed E-state index contributed by atoms with van der Waals surface area (Å²) in [6.07, 6.45) is 0. The molecule has 5 aromatic rings. The number of benzene rings is 4. The van der Waals surface area contributed by atoms with E-state index in [0.717, 1.165) is 6.07 Å². The first-order valence-electron chi connectivity index (χ1n) is 11.1. The lowest BCUT2D eigenvalue weighted by atomic mass is 9.95. The molecule has 9 heteroatoms. The van der Waals surface area contributed by atoms with Gasteiger partial charge in [0.15, 0.2) is 5.76 Å². The lowest BCUT2D eigenvalue weighted by Gasteiger charge is -2.11. The summed E-state index contributed by atoms with van der Waals surface area (Å²) in [7, 11) is 0. The highest BCUT2D eigenvalue weighted by Crippen LogP contribution is 2.42. The first-order chi connectivity index (χ1) is 17.9. The van der Waals surface area contributed by atoms with Gasteiger partial charge in [0.1, 0.15) is 11.4 Å². The van der Waals surface area contributed by atoms with Gasteiger partial charge in [0.2, 0.25) is 0 Å². The summed E-state index contributed by atoms with van der Waals surface area (Å²) in [4.78, 5) is 27.9. The third-order valence-electron chi connectivity index (χ3n) is 5.64. The number of hydrogen-bond donors (Lipinski definition) is 2. The van der Waals surface area contributed by atoms with Gasteiger partial charge in [-0.15, -0.1) is 0 Å². The summed E-state index contributed by atoms with van der Waals surface area (Å²) >= 11 is 6.24. The number of non-ortho nitro benzene ring substituents is 1. The molecule has 1 amide bonds. The average molecular weight is 512 g/mol. The molecule has 0 aliphatic carbocycles. The quantitative estimate of drug-likeness (QED) is 0.184. The van der Waals surface area contributed by atoms with Crippen molar-refractivity contribution in [3.8, 4) is 39.5 Å². The lowest BCUT2D eigenvalue weighted by Crippen LogP contribution is -2.11. The number of nitrogens with zero attached hydrogens (tertiary/aromatic N) is 2. The second kappa shape index (κ2) is 9.96. The molecule has 0 spiro atoms. The number of rotatable bonds is 6. The number of hydrogen-bond acceptors (Lipinski definition) is 6. The molecule has 0 aliphatic rings. The monoisotopic (exact) mass is 511 g/mol. The van der Waals surface area contributed by atoms with Crippen LogP contribution in [0.4, 0.5) is 11.7 Å². The molecule has 1 aromatic heterocycles. The van der Waals surface area contributed by atoms with E-state index in [1.807, 2.05) is 12.1 Å². The largest absolute Gasteiger partial charge is 0.507 e. The number of aromatic nitrogens is 1. The van der Waals surface area contributed by atoms with E-state index in [0.29, 0.717) is 44.3 Å². The number of carbonyl (C=O) groups is 1. The van der Waals surface area contributed by atoms with E-state index in [1.165, 1.54) is 12.1 Å². The molecule has 37 heavy (non-hydrogen) atoms. The highest BCUT2D eigenvalue weighted by Gasteiger charge is 2.23. The molecule has 8 nitrogen and oxygen atoms in total. The lowest BCUT2D eigenvalue weighted by molar-refractivity contribution is -0.384. The molecular weight excluding hydrogens is 494 g/mol. The summed E-state index contributed by atoms with van der Waals surface area (Å²) < 4.78 is 6.08. The van der Waals surface area contributed by atoms with Crippen LogP contribution in [0.3, 0.4) is 0 Å². The molecule has 1 heterocycles. The summed E-state index contributed by atoms with van der Waals surface area (Å²) in [5.41, 5.74) is 2.73. The van der Waals surface area contributed by atoms with E-state index < -0.39 is 10.8 Å². The SMILES string of the molecule is O=C(Nc1nc(-c2cccc(Cl)c2)c(-c2ccccc2-c2ccc([N+](=O)[O-])cc2O)o1)c1ccccc1. The molecule has 0 unspecified atom stereocenters. The molecule has 0 fully saturated rings. The number of aromatic hydroxyl groups is 1. The molecule has 2 N–H and O–H groups in total. The molecule has 0 aliphatic heterocycles. The van der Waals surface area contributed by atoms with Gasteiger partial charge in [0.05, 0.1) is 11.0 Å². The van der Waals surface area contributed by atoms with E-state index in [4.69, 9.17) is 16.0 Å². The van der Waals surface area contributed by atoms with Gasteiger partial charge in [-0.3, -0.25) is 20.2 Å². The predicted molar refractivity (Wildman–Crippen MR) is 141 cm³/mol. The normalized spacial score (nSPS) is 10.7. The van der Waals surface area contributed by atoms with E-state index >= 15 is 0 Å². The Labute approximate surface area is 216 Å². The molecule has 0 bridgehead atoms. The third-order valence-corrected chi connectivity index (χ3v) is 5.87. The van der Waals surface area contributed by atoms with Gasteiger partial charge in [-0.25, -0.2) is 0 Å². The van der Waals surface area contributed by atoms with Crippen LogP contribution in [0.15, 0.2) is 101 Å². The summed E-state index contributed by atoms with van der Waals surface area (Å²) in [5, 5.41) is 24.9. The number of nitro benzene ring substituents is 1. The van der Waals surface area contributed by atoms with Crippen molar-refractivity contribution in [1.29, 1.82) is 0 Å². The van der Waals surface area contributed by atoms with Crippen molar-refractivity contribution in [3.63, 3.8) is 0 Å². The van der Waals surface area contributed by atoms with E-state index in [-0.39, 0.29) is 17.5 Å². The van der Waals surface area contributed by atoms with Crippen molar-refractivity contribution in [2.24, 2.45) is 0 Å². The maximum Gasteiger partial charge on any atom is 0.302 e. The minimum atomic E-state index is -0.579. The van der Waals surface area contributed by atoms with Crippen LogP contribution in [-0.2, 0) is 0 Å². The number of amides is 1. The Bertz CT molecular complexity index is 1630. The highest BCUT2D eigenvalue weighted by atomic mass is 35.5. The second-order valence-corrected chi connectivity index (χ2v) is 8.47. The molecule has 0 radical (unpaired) electrons. The number of phenols is 1. The summed E-state index contributed by atoms with van der Waals surface area (Å²) in [6, 6.07) is 26.6. The van der Waals surface area contributed by atoms with Crippen molar-refractivity contribution in [3.05, 3.63) is 118 Å². The number of anilines is 1. The van der Waals surface area contributed by atoms with Crippen LogP contribution in [0.2, 0.25) is 5.02 Å². The van der Waals surface area contributed by atoms with Crippen LogP contribution >= 0.6 is 11.6 Å². The Balaban J connectivity index is 1.65. The number of nitrogens with one attached hydrogen (secondary N) is 1. The topological polar surface area (TPSA) is 118 Å². The maximum absolute atomic E-state index is 12.8. The van der Waals surface area contributed by atoms with Gasteiger partial charge < -0.3 is 9.52 Å². The number of phenolic OH excluding ortho intramolecular Hbond substituents is 1. The second-order valence-electron chi connectivity index (χ2n) is 8.03. The van der Waals surface area contributed by atoms with Crippen molar-refractivity contribution < 1.29 is 19.2 Å². The number of carbonyl (C=O) groups excluding carboxylic acids is 1. The molecule has 0 atom stereocenters. The smallest absolute Gasteiger partial charge is 0.302 e. The number of oxazole rings is 1. The minimum Gasteiger partial charge on any atom is -0.507 e. The van der Waals surface area contributed by atoms with Gasteiger partial charge in [-0.2, -0.15) is 4.98 Å². The Hall–Kier alpha value is -4.95. The van der Waals surface area contributed by atoms with Gasteiger partial charge in [0.25, 0.3) is 11.6 Å². The van der Waals surface area contributed by atoms with Gasteiger partial charge in [-0.1, -0.05) is 66.2 Å². The van der Waals surface area contributed by atoms with Crippen LogP contribution in [-0.4, -0.2) is 20.9 Å². The first-order valence-corrected chi connectivity index (χ1v) is 11.5. The van der Waals surface area contributed by atoms with Crippen molar-refractivity contribution in [2.75, 3.05) is 5.32 Å². The van der Waals surface area contributed by atoms with Crippen molar-refractivity contribution in [2.45, 2.75) is 0 Å². The van der Waals surface area contributed by atoms with Crippen LogP contribution < -0.4 is 5.32 Å². The zero-order chi connectivity index (χ0) is 25.9. The fourth-order valence-corrected chi connectivity index (χ4v) is 4.11. The fraction of sp³-hybridized carbons (Fsp3) is 0. The van der Waals surface area contributed by atoms with Crippen LogP contribution in [0.25, 0.3) is 33.7 Å². The summed E-state index contributed by atoms with van der Waals surface area (Å²) in [5.74, 6) is -0.339. The Morgan fingerprint density at radius 1 is 0.892 bits per heavy atom. The Morgan fingerprint density at radius 2 is 1.62 bits per heavy atom. The average Bonchev–Trinajstić information content (AvgIpc) is 3.32. The first kappa shape index (κ1) is 23.8. The molecule has 0 saturated carbocycles. The minimum absolute atomic E-state index is 0.0263. The molecule has 4 aromatic carbocycles. The number of nitro groups is 1. The molecular formula is C28H18ClN3O5.